The van der Waals surface area contributed by atoms with E-state index in [0.29, 0.717) is 22.0 Å². The van der Waals surface area contributed by atoms with Gasteiger partial charge in [-0.1, -0.05) is 39.1 Å². The molecule has 19 heavy (non-hydrogen) atoms. The van der Waals surface area contributed by atoms with Gasteiger partial charge in [-0.15, -0.1) is 0 Å². The van der Waals surface area contributed by atoms with Crippen molar-refractivity contribution in [3.05, 3.63) is 67.9 Å². The molecule has 0 aromatic heterocycles. The summed E-state index contributed by atoms with van der Waals surface area (Å²) in [6.07, 6.45) is 0.353. The van der Waals surface area contributed by atoms with E-state index in [2.05, 4.69) is 15.9 Å². The lowest BCUT2D eigenvalue weighted by Crippen LogP contribution is -2.14. The van der Waals surface area contributed by atoms with Gasteiger partial charge in [0.15, 0.2) is 0 Å². The SMILES string of the molecule is NC(Cc1cc(Cl)ccc1F)c1cc(Cl)ccc1Br. The molecule has 1 atom stereocenters. The summed E-state index contributed by atoms with van der Waals surface area (Å²) in [4.78, 5) is 0. The second-order valence-corrected chi connectivity index (χ2v) is 5.94. The Balaban J connectivity index is 2.27. The molecule has 2 aromatic rings. The molecular weight excluding hydrogens is 352 g/mol. The highest BCUT2D eigenvalue weighted by molar-refractivity contribution is 9.10. The number of benzene rings is 2. The fourth-order valence-electron chi connectivity index (χ4n) is 1.85. The van der Waals surface area contributed by atoms with Gasteiger partial charge in [-0.25, -0.2) is 4.39 Å². The van der Waals surface area contributed by atoms with Crippen LogP contribution < -0.4 is 5.73 Å². The summed E-state index contributed by atoms with van der Waals surface area (Å²) in [5.74, 6) is -0.307. The zero-order chi connectivity index (χ0) is 14.0. The molecule has 0 bridgehead atoms. The fourth-order valence-corrected chi connectivity index (χ4v) is 2.76. The molecule has 0 saturated heterocycles. The Morgan fingerprint density at radius 3 is 2.47 bits per heavy atom. The van der Waals surface area contributed by atoms with Crippen LogP contribution in [0, 0.1) is 5.82 Å². The maximum absolute atomic E-state index is 13.7. The average Bonchev–Trinajstić information content (AvgIpc) is 2.36. The normalized spacial score (nSPS) is 12.5. The van der Waals surface area contributed by atoms with E-state index in [1.54, 1.807) is 18.2 Å². The molecule has 1 nitrogen and oxygen atoms in total. The van der Waals surface area contributed by atoms with E-state index in [4.69, 9.17) is 28.9 Å². The highest BCUT2D eigenvalue weighted by Crippen LogP contribution is 2.28. The van der Waals surface area contributed by atoms with Crippen molar-refractivity contribution in [2.45, 2.75) is 12.5 Å². The second kappa shape index (κ2) is 6.23. The Kier molecular flexibility index (Phi) is 4.85. The van der Waals surface area contributed by atoms with Gasteiger partial charge in [-0.2, -0.15) is 0 Å². The molecule has 100 valence electrons. The van der Waals surface area contributed by atoms with Crippen molar-refractivity contribution < 1.29 is 4.39 Å². The molecule has 0 aliphatic rings. The van der Waals surface area contributed by atoms with Crippen molar-refractivity contribution in [1.29, 1.82) is 0 Å². The van der Waals surface area contributed by atoms with Crippen molar-refractivity contribution in [3.63, 3.8) is 0 Å². The predicted molar refractivity (Wildman–Crippen MR) is 81.2 cm³/mol. The quantitative estimate of drug-likeness (QED) is 0.803. The smallest absolute Gasteiger partial charge is 0.126 e. The van der Waals surface area contributed by atoms with Gasteiger partial charge in [-0.3, -0.25) is 0 Å². The first-order valence-corrected chi connectivity index (χ1v) is 7.16. The van der Waals surface area contributed by atoms with Gasteiger partial charge < -0.3 is 5.73 Å². The summed E-state index contributed by atoms with van der Waals surface area (Å²) >= 11 is 15.2. The minimum Gasteiger partial charge on any atom is -0.324 e. The Bertz CT molecular complexity index is 604. The number of hydrogen-bond donors (Lipinski definition) is 1. The van der Waals surface area contributed by atoms with Crippen LogP contribution in [0.4, 0.5) is 4.39 Å². The van der Waals surface area contributed by atoms with Gasteiger partial charge in [0.2, 0.25) is 0 Å². The molecule has 0 aliphatic heterocycles. The summed E-state index contributed by atoms with van der Waals surface area (Å²) in [5.41, 5.74) is 7.45. The van der Waals surface area contributed by atoms with E-state index in [1.165, 1.54) is 12.1 Å². The summed E-state index contributed by atoms with van der Waals surface area (Å²) in [6.45, 7) is 0. The van der Waals surface area contributed by atoms with Gasteiger partial charge in [-0.05, 0) is 53.9 Å². The van der Waals surface area contributed by atoms with Crippen molar-refractivity contribution in [2.24, 2.45) is 5.73 Å². The van der Waals surface area contributed by atoms with Crippen molar-refractivity contribution in [3.8, 4) is 0 Å². The Labute approximate surface area is 129 Å². The van der Waals surface area contributed by atoms with Gasteiger partial charge >= 0.3 is 0 Å². The van der Waals surface area contributed by atoms with E-state index < -0.39 is 0 Å². The van der Waals surface area contributed by atoms with Gasteiger partial charge in [0.05, 0.1) is 0 Å². The van der Waals surface area contributed by atoms with Crippen LogP contribution in [0.1, 0.15) is 17.2 Å². The minimum absolute atomic E-state index is 0.307. The largest absolute Gasteiger partial charge is 0.324 e. The average molecular weight is 363 g/mol. The molecule has 0 amide bonds. The molecule has 1 unspecified atom stereocenters. The van der Waals surface area contributed by atoms with Gasteiger partial charge in [0, 0.05) is 20.6 Å². The maximum atomic E-state index is 13.7. The maximum Gasteiger partial charge on any atom is 0.126 e. The first kappa shape index (κ1) is 14.8. The lowest BCUT2D eigenvalue weighted by atomic mass is 9.99. The second-order valence-electron chi connectivity index (χ2n) is 4.21. The van der Waals surface area contributed by atoms with E-state index in [-0.39, 0.29) is 11.9 Å². The molecule has 5 heteroatoms. The Morgan fingerprint density at radius 1 is 1.11 bits per heavy atom. The van der Waals surface area contributed by atoms with E-state index in [9.17, 15) is 4.39 Å². The van der Waals surface area contributed by atoms with Crippen molar-refractivity contribution in [1.82, 2.24) is 0 Å². The molecule has 0 radical (unpaired) electrons. The third-order valence-corrected chi connectivity index (χ3v) is 4.00. The number of nitrogens with two attached hydrogens (primary N) is 1. The molecule has 2 aromatic carbocycles. The Hall–Kier alpha value is -0.610. The molecule has 0 heterocycles. The molecule has 0 saturated carbocycles. The monoisotopic (exact) mass is 361 g/mol. The molecule has 0 spiro atoms. The van der Waals surface area contributed by atoms with Crippen LogP contribution in [0.15, 0.2) is 40.9 Å². The van der Waals surface area contributed by atoms with E-state index >= 15 is 0 Å². The highest BCUT2D eigenvalue weighted by atomic mass is 79.9. The molecular formula is C14H11BrCl2FN. The third-order valence-electron chi connectivity index (χ3n) is 2.81. The lowest BCUT2D eigenvalue weighted by Gasteiger charge is -2.15. The number of halogens is 4. The summed E-state index contributed by atoms with van der Waals surface area (Å²) in [6, 6.07) is 9.46. The zero-order valence-electron chi connectivity index (χ0n) is 9.84. The lowest BCUT2D eigenvalue weighted by molar-refractivity contribution is 0.593. The van der Waals surface area contributed by atoms with E-state index in [1.807, 2.05) is 6.07 Å². The molecule has 2 N–H and O–H groups in total. The third kappa shape index (κ3) is 3.69. The summed E-state index contributed by atoms with van der Waals surface area (Å²) in [7, 11) is 0. The van der Waals surface area contributed by atoms with Crippen molar-refractivity contribution in [2.75, 3.05) is 0 Å². The van der Waals surface area contributed by atoms with Crippen LogP contribution in [0.2, 0.25) is 10.0 Å². The van der Waals surface area contributed by atoms with Crippen LogP contribution >= 0.6 is 39.1 Å². The highest BCUT2D eigenvalue weighted by Gasteiger charge is 2.14. The fraction of sp³-hybridized carbons (Fsp3) is 0.143. The van der Waals surface area contributed by atoms with Gasteiger partial charge in [0.25, 0.3) is 0 Å². The molecule has 0 aliphatic carbocycles. The first-order chi connectivity index (χ1) is 8.97. The van der Waals surface area contributed by atoms with Crippen molar-refractivity contribution >= 4 is 39.1 Å². The van der Waals surface area contributed by atoms with E-state index in [0.717, 1.165) is 10.0 Å². The topological polar surface area (TPSA) is 26.0 Å². The van der Waals surface area contributed by atoms with Crippen LogP contribution in [-0.2, 0) is 6.42 Å². The van der Waals surface area contributed by atoms with Crippen LogP contribution in [-0.4, -0.2) is 0 Å². The van der Waals surface area contributed by atoms with Gasteiger partial charge in [0.1, 0.15) is 5.82 Å². The molecule has 2 rings (SSSR count). The Morgan fingerprint density at radius 2 is 1.74 bits per heavy atom. The molecule has 0 fully saturated rings. The number of hydrogen-bond acceptors (Lipinski definition) is 1. The van der Waals surface area contributed by atoms with Crippen LogP contribution in [0.3, 0.4) is 0 Å². The first-order valence-electron chi connectivity index (χ1n) is 5.62. The summed E-state index contributed by atoms with van der Waals surface area (Å²) < 4.78 is 14.5. The zero-order valence-corrected chi connectivity index (χ0v) is 12.9. The standard InChI is InChI=1S/C14H11BrCl2FN/c15-12-3-1-10(17)7-11(12)14(19)6-8-5-9(16)2-4-13(8)18/h1-5,7,14H,6,19H2. The van der Waals surface area contributed by atoms with Crippen LogP contribution in [0.25, 0.3) is 0 Å². The number of rotatable bonds is 3. The minimum atomic E-state index is -0.360. The summed E-state index contributed by atoms with van der Waals surface area (Å²) in [5, 5.41) is 1.09. The predicted octanol–water partition coefficient (Wildman–Crippen LogP) is 5.14. The van der Waals surface area contributed by atoms with Crippen LogP contribution in [0.5, 0.6) is 0 Å².